The standard InChI is InChI=1S/C26H24ClN3OS/c27-22-7-8-23-21(15-22)6-5-20-4-2-12-29-25(20)24(23)19-9-13-30(14-10-19)26(31)32-17-18-3-1-11-28-16-18/h1-4,7-8,11-12,15-16H,5-6,9-10,13-14,17H2. The summed E-state index contributed by atoms with van der Waals surface area (Å²) in [6.45, 7) is 1.48. The van der Waals surface area contributed by atoms with Crippen LogP contribution in [0.1, 0.15) is 40.8 Å². The van der Waals surface area contributed by atoms with Gasteiger partial charge in [-0.25, -0.2) is 0 Å². The van der Waals surface area contributed by atoms with Crippen molar-refractivity contribution in [2.45, 2.75) is 31.4 Å². The van der Waals surface area contributed by atoms with E-state index < -0.39 is 0 Å². The van der Waals surface area contributed by atoms with Gasteiger partial charge in [-0.15, -0.1) is 0 Å². The van der Waals surface area contributed by atoms with Gasteiger partial charge in [-0.2, -0.15) is 0 Å². The average molecular weight is 462 g/mol. The van der Waals surface area contributed by atoms with Crippen molar-refractivity contribution in [2.75, 3.05) is 13.1 Å². The third-order valence-electron chi connectivity index (χ3n) is 6.19. The van der Waals surface area contributed by atoms with E-state index in [9.17, 15) is 4.79 Å². The molecule has 1 aromatic carbocycles. The van der Waals surface area contributed by atoms with Crippen LogP contribution in [0.5, 0.6) is 0 Å². The van der Waals surface area contributed by atoms with Crippen LogP contribution in [0.3, 0.4) is 0 Å². The fourth-order valence-electron chi connectivity index (χ4n) is 4.56. The van der Waals surface area contributed by atoms with E-state index >= 15 is 0 Å². The van der Waals surface area contributed by atoms with Gasteiger partial charge in [0.25, 0.3) is 5.24 Å². The summed E-state index contributed by atoms with van der Waals surface area (Å²) in [4.78, 5) is 23.7. The number of carbonyl (C=O) groups is 1. The molecule has 3 heterocycles. The third kappa shape index (κ3) is 4.45. The first-order valence-electron chi connectivity index (χ1n) is 10.9. The maximum Gasteiger partial charge on any atom is 0.281 e. The monoisotopic (exact) mass is 461 g/mol. The van der Waals surface area contributed by atoms with Gasteiger partial charge in [0.2, 0.25) is 0 Å². The molecule has 0 bridgehead atoms. The van der Waals surface area contributed by atoms with Gasteiger partial charge < -0.3 is 4.90 Å². The number of halogens is 1. The predicted octanol–water partition coefficient (Wildman–Crippen LogP) is 6.18. The van der Waals surface area contributed by atoms with Crippen LogP contribution >= 0.6 is 23.4 Å². The Balaban J connectivity index is 1.38. The van der Waals surface area contributed by atoms with Gasteiger partial charge in [0.15, 0.2) is 0 Å². The molecule has 1 aliphatic heterocycles. The minimum absolute atomic E-state index is 0.143. The van der Waals surface area contributed by atoms with E-state index in [1.165, 1.54) is 39.6 Å². The highest BCUT2D eigenvalue weighted by molar-refractivity contribution is 8.12. The highest BCUT2D eigenvalue weighted by Crippen LogP contribution is 2.38. The Hall–Kier alpha value is -2.63. The smallest absolute Gasteiger partial charge is 0.281 e. The van der Waals surface area contributed by atoms with E-state index in [1.807, 2.05) is 41.6 Å². The lowest BCUT2D eigenvalue weighted by atomic mass is 9.89. The number of piperidine rings is 1. The van der Waals surface area contributed by atoms with E-state index in [1.54, 1.807) is 6.20 Å². The van der Waals surface area contributed by atoms with Crippen molar-refractivity contribution < 1.29 is 4.79 Å². The molecule has 0 saturated carbocycles. The molecule has 2 aliphatic rings. The lowest BCUT2D eigenvalue weighted by molar-refractivity contribution is 0.219. The number of carbonyl (C=O) groups excluding carboxylic acids is 1. The topological polar surface area (TPSA) is 46.1 Å². The minimum Gasteiger partial charge on any atom is -0.333 e. The minimum atomic E-state index is 0.143. The van der Waals surface area contributed by atoms with Crippen LogP contribution < -0.4 is 0 Å². The van der Waals surface area contributed by atoms with E-state index in [0.717, 1.165) is 55.1 Å². The number of fused-ring (bicyclic) bond motifs is 2. The zero-order valence-corrected chi connectivity index (χ0v) is 19.3. The van der Waals surface area contributed by atoms with Gasteiger partial charge in [0.1, 0.15) is 0 Å². The molecule has 0 unspecified atom stereocenters. The number of rotatable bonds is 2. The Labute approximate surface area is 197 Å². The SMILES string of the molecule is O=C(SCc1cccnc1)N1CCC(=C2c3ccc(Cl)cc3CCc3cccnc32)CC1. The van der Waals surface area contributed by atoms with Gasteiger partial charge in [-0.05, 0) is 72.2 Å². The molecule has 1 amide bonds. The molecule has 5 rings (SSSR count). The molecule has 0 atom stereocenters. The van der Waals surface area contributed by atoms with E-state index in [-0.39, 0.29) is 5.24 Å². The number of aryl methyl sites for hydroxylation is 2. The number of nitrogens with zero attached hydrogens (tertiary/aromatic N) is 3. The van der Waals surface area contributed by atoms with Crippen LogP contribution in [0.15, 0.2) is 66.6 Å². The highest BCUT2D eigenvalue weighted by atomic mass is 35.5. The fraction of sp³-hybridized carbons (Fsp3) is 0.269. The number of benzene rings is 1. The number of amides is 1. The molecule has 32 heavy (non-hydrogen) atoms. The number of thioether (sulfide) groups is 1. The van der Waals surface area contributed by atoms with Gasteiger partial charge in [0.05, 0.1) is 5.69 Å². The molecule has 3 aromatic rings. The van der Waals surface area contributed by atoms with Crippen LogP contribution in [0.2, 0.25) is 5.02 Å². The first kappa shape index (κ1) is 21.2. The van der Waals surface area contributed by atoms with Crippen molar-refractivity contribution in [2.24, 2.45) is 0 Å². The quantitative estimate of drug-likeness (QED) is 0.457. The summed E-state index contributed by atoms with van der Waals surface area (Å²) in [6.07, 6.45) is 9.11. The van der Waals surface area contributed by atoms with Crippen LogP contribution in [0.25, 0.3) is 5.57 Å². The first-order chi connectivity index (χ1) is 15.7. The Morgan fingerprint density at radius 2 is 1.81 bits per heavy atom. The molecule has 162 valence electrons. The highest BCUT2D eigenvalue weighted by Gasteiger charge is 2.26. The van der Waals surface area contributed by atoms with Crippen molar-refractivity contribution >= 4 is 34.2 Å². The Morgan fingerprint density at radius 1 is 1.00 bits per heavy atom. The molecule has 1 saturated heterocycles. The molecule has 1 aliphatic carbocycles. The van der Waals surface area contributed by atoms with Gasteiger partial charge in [-0.1, -0.05) is 47.1 Å². The zero-order chi connectivity index (χ0) is 21.9. The van der Waals surface area contributed by atoms with Crippen molar-refractivity contribution in [3.05, 3.63) is 99.6 Å². The second-order valence-electron chi connectivity index (χ2n) is 8.19. The van der Waals surface area contributed by atoms with Crippen LogP contribution in [0.4, 0.5) is 4.79 Å². The Bertz CT molecular complexity index is 1170. The number of hydrogen-bond acceptors (Lipinski definition) is 4. The van der Waals surface area contributed by atoms with E-state index in [0.29, 0.717) is 5.75 Å². The molecule has 0 N–H and O–H groups in total. The second kappa shape index (κ2) is 9.47. The second-order valence-corrected chi connectivity index (χ2v) is 9.56. The van der Waals surface area contributed by atoms with Gasteiger partial charge >= 0.3 is 0 Å². The largest absolute Gasteiger partial charge is 0.333 e. The number of pyridine rings is 2. The predicted molar refractivity (Wildman–Crippen MR) is 131 cm³/mol. The summed E-state index contributed by atoms with van der Waals surface area (Å²) in [6, 6.07) is 14.3. The maximum atomic E-state index is 12.8. The molecule has 1 fully saturated rings. The summed E-state index contributed by atoms with van der Waals surface area (Å²) in [5.41, 5.74) is 8.61. The normalized spacial score (nSPS) is 15.7. The summed E-state index contributed by atoms with van der Waals surface area (Å²) in [5, 5.41) is 0.919. The van der Waals surface area contributed by atoms with Crippen molar-refractivity contribution in [3.8, 4) is 0 Å². The van der Waals surface area contributed by atoms with Gasteiger partial charge in [0, 0.05) is 48.0 Å². The number of aromatic nitrogens is 2. The van der Waals surface area contributed by atoms with Crippen molar-refractivity contribution in [1.29, 1.82) is 0 Å². The maximum absolute atomic E-state index is 12.8. The van der Waals surface area contributed by atoms with Crippen LogP contribution in [-0.4, -0.2) is 33.2 Å². The zero-order valence-electron chi connectivity index (χ0n) is 17.8. The average Bonchev–Trinajstić information content (AvgIpc) is 3.00. The summed E-state index contributed by atoms with van der Waals surface area (Å²) < 4.78 is 0. The van der Waals surface area contributed by atoms with Crippen molar-refractivity contribution in [1.82, 2.24) is 14.9 Å². The molecule has 0 spiro atoms. The number of likely N-dealkylation sites (tertiary alicyclic amines) is 1. The summed E-state index contributed by atoms with van der Waals surface area (Å²) in [5.74, 6) is 0.655. The van der Waals surface area contributed by atoms with Gasteiger partial charge in [-0.3, -0.25) is 14.8 Å². The Kier molecular flexibility index (Phi) is 6.28. The van der Waals surface area contributed by atoms with E-state index in [4.69, 9.17) is 16.6 Å². The molecular formula is C26H24ClN3OS. The first-order valence-corrected chi connectivity index (χ1v) is 12.3. The van der Waals surface area contributed by atoms with E-state index in [2.05, 4.69) is 23.2 Å². The fourth-order valence-corrected chi connectivity index (χ4v) is 5.58. The summed E-state index contributed by atoms with van der Waals surface area (Å²) in [7, 11) is 0. The van der Waals surface area contributed by atoms with Crippen molar-refractivity contribution in [3.63, 3.8) is 0 Å². The van der Waals surface area contributed by atoms with Crippen LogP contribution in [-0.2, 0) is 18.6 Å². The number of hydrogen-bond donors (Lipinski definition) is 0. The molecule has 6 heteroatoms. The summed E-state index contributed by atoms with van der Waals surface area (Å²) >= 11 is 7.68. The van der Waals surface area contributed by atoms with Crippen LogP contribution in [0, 0.1) is 0 Å². The molecule has 0 radical (unpaired) electrons. The molecular weight excluding hydrogens is 438 g/mol. The Morgan fingerprint density at radius 3 is 2.62 bits per heavy atom. The third-order valence-corrected chi connectivity index (χ3v) is 7.41. The lowest BCUT2D eigenvalue weighted by Gasteiger charge is -2.30. The molecule has 2 aromatic heterocycles. The lowest BCUT2D eigenvalue weighted by Crippen LogP contribution is -2.34. The molecule has 4 nitrogen and oxygen atoms in total.